The molecule has 0 bridgehead atoms. The van der Waals surface area contributed by atoms with Gasteiger partial charge in [-0.3, -0.25) is 19.2 Å². The summed E-state index contributed by atoms with van der Waals surface area (Å²) < 4.78 is 22.7. The van der Waals surface area contributed by atoms with E-state index in [1.54, 1.807) is 6.08 Å². The topological polar surface area (TPSA) is 96.0 Å². The van der Waals surface area contributed by atoms with Gasteiger partial charge in [0.2, 0.25) is 0 Å². The molecule has 0 spiro atoms. The number of ketones is 2. The van der Waals surface area contributed by atoms with E-state index < -0.39 is 6.10 Å². The molecule has 1 heterocycles. The van der Waals surface area contributed by atoms with Gasteiger partial charge < -0.3 is 14.2 Å². The van der Waals surface area contributed by atoms with E-state index in [9.17, 15) is 19.2 Å². The zero-order chi connectivity index (χ0) is 42.4. The molecule has 56 heavy (non-hydrogen) atoms. The molecule has 6 atom stereocenters. The van der Waals surface area contributed by atoms with E-state index in [1.807, 2.05) is 39.8 Å². The Morgan fingerprint density at radius 1 is 0.804 bits per heavy atom. The molecule has 10 heteroatoms. The van der Waals surface area contributed by atoms with Gasteiger partial charge >= 0.3 is 11.9 Å². The Morgan fingerprint density at radius 2 is 1.21 bits per heavy atom. The fraction of sp³-hybridized carbons (Fsp3) is 0.609. The third-order valence-corrected chi connectivity index (χ3v) is 12.0. The van der Waals surface area contributed by atoms with Crippen molar-refractivity contribution in [3.63, 3.8) is 0 Å². The zero-order valence-electron chi connectivity index (χ0n) is 36.6. The van der Waals surface area contributed by atoms with Crippen molar-refractivity contribution in [2.45, 2.75) is 126 Å². The van der Waals surface area contributed by atoms with E-state index in [4.69, 9.17) is 15.5 Å². The Hall–Kier alpha value is -1.73. The van der Waals surface area contributed by atoms with Crippen molar-refractivity contribution in [3.05, 3.63) is 82.5 Å². The largest absolute Gasteiger partial charge is 0.457 e. The summed E-state index contributed by atoms with van der Waals surface area (Å²) in [5.41, 5.74) is 5.71. The van der Waals surface area contributed by atoms with Gasteiger partial charge in [0, 0.05) is 68.3 Å². The second-order valence-corrected chi connectivity index (χ2v) is 18.0. The van der Waals surface area contributed by atoms with Crippen LogP contribution in [0.3, 0.4) is 0 Å². The van der Waals surface area contributed by atoms with Gasteiger partial charge in [-0.05, 0) is 109 Å². The molecule has 0 N–H and O–H groups in total. The number of alkyl halides is 1. The van der Waals surface area contributed by atoms with Crippen LogP contribution in [0.25, 0.3) is 0 Å². The molecule has 1 saturated heterocycles. The molecule has 2 radical (unpaired) electrons. The summed E-state index contributed by atoms with van der Waals surface area (Å²) in [6.07, 6.45) is 18.5. The average molecular weight is 1110 g/mol. The predicted molar refractivity (Wildman–Crippen MR) is 233 cm³/mol. The Balaban J connectivity index is 0.000000480. The maximum atomic E-state index is 12.6. The number of esters is 2. The van der Waals surface area contributed by atoms with Gasteiger partial charge in [-0.15, -0.1) is 0 Å². The van der Waals surface area contributed by atoms with Crippen LogP contribution >= 0.6 is 22.6 Å². The molecule has 1 aliphatic heterocycles. The van der Waals surface area contributed by atoms with Crippen LogP contribution in [0, 0.1) is 65.6 Å². The van der Waals surface area contributed by atoms with Gasteiger partial charge in [0.25, 0.3) is 0 Å². The van der Waals surface area contributed by atoms with Crippen LogP contribution in [0.5, 0.6) is 0 Å². The monoisotopic (exact) mass is 1110 g/mol. The van der Waals surface area contributed by atoms with Crippen LogP contribution in [0.4, 0.5) is 0 Å². The SMILES string of the molecule is C1CCOC1.C=C/C=C\CC1=C(C)[C@@H](OC(=O)[C@@H]2[C@@H](C=C(C)C)C2(C)C)CC1=O.CC(C)=C[C@@H]1[C@@H](C(=O)O[C@H]2CC(=O)C(C/C=C\CCI)=C2C)C1(C)C.[2H][B].[U]. The molecule has 4 aliphatic carbocycles. The normalized spacial score (nSPS) is 26.7. The Kier molecular flexibility index (Phi) is 21.4. The fourth-order valence-electron chi connectivity index (χ4n) is 7.73. The second-order valence-electron chi connectivity index (χ2n) is 16.9. The van der Waals surface area contributed by atoms with Crippen molar-refractivity contribution in [2.24, 2.45) is 34.5 Å². The average Bonchev–Trinajstić information content (AvgIpc) is 3.52. The number of allylic oxidation sites excluding steroid dienone is 11. The minimum atomic E-state index is -0.402. The molecule has 0 aromatic carbocycles. The maximum absolute atomic E-state index is 12.6. The van der Waals surface area contributed by atoms with Gasteiger partial charge in [-0.1, -0.05) is 111 Å². The number of carbonyl (C=O) groups is 4. The molecule has 0 aromatic heterocycles. The van der Waals surface area contributed by atoms with Gasteiger partial charge in [-0.25, -0.2) is 0 Å². The van der Waals surface area contributed by atoms with E-state index in [2.05, 4.69) is 103 Å². The first kappa shape index (κ1) is 50.4. The molecule has 306 valence electrons. The summed E-state index contributed by atoms with van der Waals surface area (Å²) in [6.45, 7) is 26.0. The first-order chi connectivity index (χ1) is 26.4. The van der Waals surface area contributed by atoms with Gasteiger partial charge in [0.05, 0.1) is 24.7 Å². The molecule has 0 aromatic rings. The number of ether oxygens (including phenoxy) is 3. The van der Waals surface area contributed by atoms with Crippen LogP contribution in [-0.2, 0) is 33.4 Å². The third-order valence-electron chi connectivity index (χ3n) is 11.4. The molecule has 2 saturated carbocycles. The molecular formula is C46H66BIO7U. The molecule has 5 aliphatic rings. The van der Waals surface area contributed by atoms with E-state index >= 15 is 0 Å². The summed E-state index contributed by atoms with van der Waals surface area (Å²) in [6, 6.07) is 0. The first-order valence-electron chi connectivity index (χ1n) is 20.2. The van der Waals surface area contributed by atoms with Crippen molar-refractivity contribution in [1.29, 1.82) is 1.34 Å². The molecular weight excluding hydrogens is 1040 g/mol. The Bertz CT molecular complexity index is 1600. The van der Waals surface area contributed by atoms with Crippen molar-refractivity contribution in [2.75, 3.05) is 17.6 Å². The summed E-state index contributed by atoms with van der Waals surface area (Å²) in [5, 5.41) is 0. The minimum Gasteiger partial charge on any atom is -0.457 e. The molecule has 7 nitrogen and oxygen atoms in total. The second kappa shape index (κ2) is 23.8. The van der Waals surface area contributed by atoms with Gasteiger partial charge in [-0.2, -0.15) is 0 Å². The Labute approximate surface area is 378 Å². The summed E-state index contributed by atoms with van der Waals surface area (Å²) >= 11 is 2.33. The molecule has 0 unspecified atom stereocenters. The van der Waals surface area contributed by atoms with Crippen LogP contribution in [0.1, 0.15) is 114 Å². The van der Waals surface area contributed by atoms with Crippen LogP contribution < -0.4 is 0 Å². The van der Waals surface area contributed by atoms with Crippen molar-refractivity contribution < 1.29 is 64.5 Å². The van der Waals surface area contributed by atoms with Crippen molar-refractivity contribution in [1.82, 2.24) is 0 Å². The molecule has 0 amide bonds. The number of rotatable bonds is 13. The number of hydrogen-bond acceptors (Lipinski definition) is 7. The number of hydrogen-bond donors (Lipinski definition) is 0. The number of carbonyl (C=O) groups excluding carboxylic acids is 4. The quantitative estimate of drug-likeness (QED) is 0.0453. The van der Waals surface area contributed by atoms with E-state index in [1.165, 1.54) is 24.0 Å². The van der Waals surface area contributed by atoms with Gasteiger partial charge in [0.15, 0.2) is 11.6 Å². The van der Waals surface area contributed by atoms with Crippen LogP contribution in [0.2, 0.25) is 0 Å². The molecule has 5 rings (SSSR count). The first-order valence-corrected chi connectivity index (χ1v) is 21.2. The summed E-state index contributed by atoms with van der Waals surface area (Å²) in [4.78, 5) is 49.6. The fourth-order valence-corrected chi connectivity index (χ4v) is 8.08. The number of Topliss-reactive ketones (excluding diaryl/α,β-unsaturated/α-hetero) is 2. The van der Waals surface area contributed by atoms with E-state index in [0.717, 1.165) is 46.4 Å². The maximum Gasteiger partial charge on any atom is 0.310 e. The summed E-state index contributed by atoms with van der Waals surface area (Å²) in [7, 11) is 3.75. The predicted octanol–water partition coefficient (Wildman–Crippen LogP) is 9.90. The van der Waals surface area contributed by atoms with Crippen molar-refractivity contribution >= 4 is 54.5 Å². The number of halogens is 1. The summed E-state index contributed by atoms with van der Waals surface area (Å²) in [5.74, 6) is 0.112. The Morgan fingerprint density at radius 3 is 1.55 bits per heavy atom. The van der Waals surface area contributed by atoms with Crippen molar-refractivity contribution in [3.8, 4) is 0 Å². The zero-order valence-corrected chi connectivity index (χ0v) is 41.9. The van der Waals surface area contributed by atoms with E-state index in [-0.39, 0.29) is 102 Å². The van der Waals surface area contributed by atoms with Gasteiger partial charge in [0.1, 0.15) is 12.2 Å². The van der Waals surface area contributed by atoms with Crippen LogP contribution in [0.15, 0.2) is 82.5 Å². The standard InChI is InChI=1S/C21H29IO3.C21H28O3.C4H8O.BH.U/c1-13(2)11-16-19(21(16,4)5)20(24)25-18-12-17(23)15(14(18)3)9-7-6-8-10-22;1-7-8-9-10-15-14(4)18(12-17(15)22)24-20(23)19-16(11-13(2)3)21(19,5)6;1-2-4-5-3-1;;/h6-7,11,16,18-19H,8-10,12H2,1-5H3;7-9,11,16,18-19H,1,10,12H2,2-6H3;1-4H2;1H;/b7-6-;9-8-;;;/t2*16-,18+,19+;;;/m11.../s1/i;;;1D;. The van der Waals surface area contributed by atoms with Crippen LogP contribution in [-0.4, -0.2) is 63.1 Å². The smallest absolute Gasteiger partial charge is 0.310 e. The van der Waals surface area contributed by atoms with E-state index in [0.29, 0.717) is 19.3 Å². The third kappa shape index (κ3) is 14.2. The molecule has 3 fully saturated rings. The minimum absolute atomic E-state index is 0.